The van der Waals surface area contributed by atoms with Crippen molar-refractivity contribution in [3.63, 3.8) is 0 Å². The fourth-order valence-corrected chi connectivity index (χ4v) is 4.20. The van der Waals surface area contributed by atoms with Crippen molar-refractivity contribution in [1.82, 2.24) is 19.8 Å². The minimum atomic E-state index is -0.941. The summed E-state index contributed by atoms with van der Waals surface area (Å²) in [5.41, 5.74) is 3.02. The maximum absolute atomic E-state index is 11.4. The van der Waals surface area contributed by atoms with E-state index in [4.69, 9.17) is 12.2 Å². The van der Waals surface area contributed by atoms with Crippen molar-refractivity contribution in [3.05, 3.63) is 83.9 Å². The van der Waals surface area contributed by atoms with E-state index in [-0.39, 0.29) is 17.6 Å². The fourth-order valence-electron chi connectivity index (χ4n) is 3.87. The van der Waals surface area contributed by atoms with Crippen molar-refractivity contribution >= 4 is 23.3 Å². The highest BCUT2D eigenvalue weighted by molar-refractivity contribution is 7.80. The molecule has 0 unspecified atom stereocenters. The second-order valence-electron chi connectivity index (χ2n) is 6.98. The van der Waals surface area contributed by atoms with Crippen molar-refractivity contribution in [2.45, 2.75) is 25.4 Å². The Labute approximate surface area is 174 Å². The van der Waals surface area contributed by atoms with E-state index in [2.05, 4.69) is 28.2 Å². The van der Waals surface area contributed by atoms with Gasteiger partial charge in [0.25, 0.3) is 0 Å². The normalized spacial score (nSPS) is 18.7. The monoisotopic (exact) mass is 406 g/mol. The van der Waals surface area contributed by atoms with Gasteiger partial charge in [0.1, 0.15) is 0 Å². The van der Waals surface area contributed by atoms with Gasteiger partial charge in [-0.25, -0.2) is 4.79 Å². The van der Waals surface area contributed by atoms with Crippen LogP contribution in [0.15, 0.2) is 67.0 Å². The number of carboxylic acids is 1. The Bertz CT molecular complexity index is 1030. The first-order valence-corrected chi connectivity index (χ1v) is 10.00. The topological polar surface area (TPSA) is 70.4 Å². The van der Waals surface area contributed by atoms with Crippen LogP contribution in [-0.4, -0.2) is 37.2 Å². The number of nitrogens with one attached hydrogen (secondary N) is 1. The summed E-state index contributed by atoms with van der Waals surface area (Å²) in [5, 5.41) is 13.5. The number of rotatable bonds is 6. The van der Waals surface area contributed by atoms with Crippen LogP contribution in [0.3, 0.4) is 0 Å². The predicted molar refractivity (Wildman–Crippen MR) is 115 cm³/mol. The minimum absolute atomic E-state index is 0.0548. The lowest BCUT2D eigenvalue weighted by Crippen LogP contribution is -2.31. The Balaban J connectivity index is 1.81. The molecule has 2 atom stereocenters. The largest absolute Gasteiger partial charge is 0.478 e. The molecule has 0 aliphatic carbocycles. The molecule has 1 aliphatic rings. The smallest absolute Gasteiger partial charge is 0.335 e. The molecule has 1 fully saturated rings. The van der Waals surface area contributed by atoms with Crippen LogP contribution in [0, 0.1) is 0 Å². The van der Waals surface area contributed by atoms with E-state index in [1.165, 1.54) is 0 Å². The van der Waals surface area contributed by atoms with Crippen LogP contribution in [0.5, 0.6) is 0 Å². The van der Waals surface area contributed by atoms with Crippen LogP contribution in [0.2, 0.25) is 0 Å². The van der Waals surface area contributed by atoms with Gasteiger partial charge in [0.05, 0.1) is 23.3 Å². The van der Waals surface area contributed by atoms with Gasteiger partial charge in [-0.1, -0.05) is 19.1 Å². The molecular formula is C22H22N4O2S. The highest BCUT2D eigenvalue weighted by Gasteiger charge is 2.40. The van der Waals surface area contributed by atoms with Crippen LogP contribution in [0.1, 0.15) is 47.2 Å². The number of pyridine rings is 1. The molecule has 1 aromatic carbocycles. The Hall–Kier alpha value is -3.19. The number of carboxylic acid groups (broad SMARTS) is 1. The lowest BCUT2D eigenvalue weighted by molar-refractivity contribution is 0.0697. The lowest BCUT2D eigenvalue weighted by Gasteiger charge is -2.28. The van der Waals surface area contributed by atoms with Crippen molar-refractivity contribution in [3.8, 4) is 5.69 Å². The molecule has 0 spiro atoms. The first kappa shape index (κ1) is 19.1. The number of benzene rings is 1. The van der Waals surface area contributed by atoms with E-state index < -0.39 is 5.97 Å². The zero-order chi connectivity index (χ0) is 20.4. The molecule has 29 heavy (non-hydrogen) atoms. The van der Waals surface area contributed by atoms with Crippen molar-refractivity contribution in [1.29, 1.82) is 0 Å². The van der Waals surface area contributed by atoms with Gasteiger partial charge in [-0.05, 0) is 61.1 Å². The van der Waals surface area contributed by atoms with Crippen molar-refractivity contribution < 1.29 is 9.90 Å². The van der Waals surface area contributed by atoms with E-state index in [0.29, 0.717) is 5.11 Å². The molecule has 6 nitrogen and oxygen atoms in total. The molecule has 0 amide bonds. The average molecular weight is 407 g/mol. The summed E-state index contributed by atoms with van der Waals surface area (Å²) >= 11 is 5.65. The Morgan fingerprint density at radius 1 is 1.21 bits per heavy atom. The molecule has 0 radical (unpaired) electrons. The summed E-state index contributed by atoms with van der Waals surface area (Å²) in [6.07, 6.45) is 4.70. The van der Waals surface area contributed by atoms with Gasteiger partial charge in [0, 0.05) is 30.3 Å². The first-order valence-electron chi connectivity index (χ1n) is 9.59. The van der Waals surface area contributed by atoms with E-state index in [0.717, 1.165) is 30.0 Å². The van der Waals surface area contributed by atoms with Gasteiger partial charge < -0.3 is 19.9 Å². The van der Waals surface area contributed by atoms with E-state index in [9.17, 15) is 9.90 Å². The molecule has 2 aromatic heterocycles. The Morgan fingerprint density at radius 2 is 2.07 bits per heavy atom. The highest BCUT2D eigenvalue weighted by Crippen LogP contribution is 2.39. The quantitative estimate of drug-likeness (QED) is 0.604. The van der Waals surface area contributed by atoms with Gasteiger partial charge in [-0.15, -0.1) is 0 Å². The SMILES string of the molecule is CCCN1C(=S)N[C@@H](c2ccccn2)[C@H]1c1cccn1-c1cccc(C(=O)O)c1. The molecule has 1 saturated heterocycles. The molecule has 3 heterocycles. The average Bonchev–Trinajstić information content (AvgIpc) is 3.34. The highest BCUT2D eigenvalue weighted by atomic mass is 32.1. The maximum atomic E-state index is 11.4. The summed E-state index contributed by atoms with van der Waals surface area (Å²) in [6, 6.07) is 16.7. The third-order valence-corrected chi connectivity index (χ3v) is 5.47. The number of aromatic carboxylic acids is 1. The zero-order valence-electron chi connectivity index (χ0n) is 16.0. The molecule has 0 bridgehead atoms. The Morgan fingerprint density at radius 3 is 2.79 bits per heavy atom. The van der Waals surface area contributed by atoms with E-state index in [1.54, 1.807) is 24.4 Å². The molecule has 0 saturated carbocycles. The standard InChI is InChI=1S/C22H22N4O2S/c1-2-12-26-20(19(24-22(26)29)17-9-3-4-11-23-17)18-10-6-13-25(18)16-8-5-7-15(14-16)21(27)28/h3-11,13-14,19-20H,2,12H2,1H3,(H,24,29)(H,27,28)/t19-,20+/m0/s1. The van der Waals surface area contributed by atoms with Gasteiger partial charge in [0.15, 0.2) is 5.11 Å². The molecule has 148 valence electrons. The minimum Gasteiger partial charge on any atom is -0.478 e. The summed E-state index contributed by atoms with van der Waals surface area (Å²) in [4.78, 5) is 18.2. The third-order valence-electron chi connectivity index (χ3n) is 5.12. The van der Waals surface area contributed by atoms with Crippen LogP contribution < -0.4 is 5.32 Å². The van der Waals surface area contributed by atoms with Crippen molar-refractivity contribution in [2.24, 2.45) is 0 Å². The number of hydrogen-bond acceptors (Lipinski definition) is 3. The summed E-state index contributed by atoms with van der Waals surface area (Å²) in [7, 11) is 0. The fraction of sp³-hybridized carbons (Fsp3) is 0.227. The second-order valence-corrected chi connectivity index (χ2v) is 7.37. The number of nitrogens with zero attached hydrogens (tertiary/aromatic N) is 3. The summed E-state index contributed by atoms with van der Waals surface area (Å²) < 4.78 is 2.03. The maximum Gasteiger partial charge on any atom is 0.335 e. The third kappa shape index (κ3) is 3.61. The number of thiocarbonyl (C=S) groups is 1. The Kier molecular flexibility index (Phi) is 5.31. The number of hydrogen-bond donors (Lipinski definition) is 2. The second kappa shape index (κ2) is 8.05. The van der Waals surface area contributed by atoms with Crippen LogP contribution in [-0.2, 0) is 0 Å². The molecule has 3 aromatic rings. The van der Waals surface area contributed by atoms with Gasteiger partial charge in [-0.2, -0.15) is 0 Å². The molecule has 2 N–H and O–H groups in total. The number of carbonyl (C=O) groups is 1. The van der Waals surface area contributed by atoms with E-state index >= 15 is 0 Å². The lowest BCUT2D eigenvalue weighted by atomic mass is 10.0. The van der Waals surface area contributed by atoms with Crippen LogP contribution in [0.25, 0.3) is 5.69 Å². The number of aromatic nitrogens is 2. The van der Waals surface area contributed by atoms with Gasteiger partial charge in [0.2, 0.25) is 0 Å². The van der Waals surface area contributed by atoms with Crippen LogP contribution in [0.4, 0.5) is 0 Å². The first-order chi connectivity index (χ1) is 14.1. The van der Waals surface area contributed by atoms with Crippen LogP contribution >= 0.6 is 12.2 Å². The zero-order valence-corrected chi connectivity index (χ0v) is 16.8. The molecule has 7 heteroatoms. The van der Waals surface area contributed by atoms with Gasteiger partial charge >= 0.3 is 5.97 Å². The predicted octanol–water partition coefficient (Wildman–Crippen LogP) is 3.95. The van der Waals surface area contributed by atoms with Crippen molar-refractivity contribution in [2.75, 3.05) is 6.54 Å². The van der Waals surface area contributed by atoms with E-state index in [1.807, 2.05) is 41.1 Å². The summed E-state index contributed by atoms with van der Waals surface area (Å²) in [6.45, 7) is 2.95. The summed E-state index contributed by atoms with van der Waals surface area (Å²) in [5.74, 6) is -0.941. The molecular weight excluding hydrogens is 384 g/mol. The molecule has 4 rings (SSSR count). The molecule has 1 aliphatic heterocycles. The van der Waals surface area contributed by atoms with Gasteiger partial charge in [-0.3, -0.25) is 4.98 Å².